The van der Waals surface area contributed by atoms with E-state index in [1.807, 2.05) is 0 Å². The summed E-state index contributed by atoms with van der Waals surface area (Å²) in [4.78, 5) is 11.4. The number of hydrogen-bond donors (Lipinski definition) is 5. The molecule has 0 aromatic heterocycles. The highest BCUT2D eigenvalue weighted by Crippen LogP contribution is 2.38. The smallest absolute Gasteiger partial charge is 0.206 e. The van der Waals surface area contributed by atoms with Crippen LogP contribution >= 0.6 is 0 Å². The quantitative estimate of drug-likeness (QED) is 0.0293. The van der Waals surface area contributed by atoms with Crippen LogP contribution in [0.2, 0.25) is 0 Å². The first-order chi connectivity index (χ1) is 19.4. The molecule has 0 amide bonds. The second-order valence-electron chi connectivity index (χ2n) is 7.95. The van der Waals surface area contributed by atoms with Crippen LogP contribution in [0.15, 0.2) is 36.8 Å². The molecule has 0 aliphatic carbocycles. The fraction of sp³-hybridized carbons (Fsp3) is 0.560. The Hall–Kier alpha value is -3.15. The maximum Gasteiger partial charge on any atom is 0.206 e. The molecular weight excluding hydrogens is 528 g/mol. The van der Waals surface area contributed by atoms with Crippen LogP contribution in [-0.4, -0.2) is 114 Å². The van der Waals surface area contributed by atoms with Crippen molar-refractivity contribution in [2.24, 2.45) is 23.2 Å². The fourth-order valence-electron chi connectivity index (χ4n) is 2.91. The topological polar surface area (TPSA) is 212 Å². The maximum absolute atomic E-state index is 11.4. The SMILES string of the molecule is C=CN(N)CCOCCOCCOc1cc(C=O)cc(OCCOCCOCCN(N)/C=C(\N)CN)c1OCO. The van der Waals surface area contributed by atoms with Crippen LogP contribution in [0.4, 0.5) is 0 Å². The zero-order valence-electron chi connectivity index (χ0n) is 22.9. The third kappa shape index (κ3) is 16.1. The van der Waals surface area contributed by atoms with Gasteiger partial charge in [0, 0.05) is 30.2 Å². The third-order valence-corrected chi connectivity index (χ3v) is 4.89. The summed E-state index contributed by atoms with van der Waals surface area (Å²) in [6.45, 7) is 7.24. The largest absolute Gasteiger partial charge is 0.487 e. The molecule has 15 heteroatoms. The Morgan fingerprint density at radius 1 is 0.800 bits per heavy atom. The van der Waals surface area contributed by atoms with Crippen LogP contribution in [0.25, 0.3) is 0 Å². The highest BCUT2D eigenvalue weighted by Gasteiger charge is 2.16. The lowest BCUT2D eigenvalue weighted by molar-refractivity contribution is 0.0294. The number of carbonyl (C=O) groups is 1. The summed E-state index contributed by atoms with van der Waals surface area (Å²) < 4.78 is 38.6. The number of ether oxygens (including phenoxy) is 7. The van der Waals surface area contributed by atoms with Gasteiger partial charge in [0.1, 0.15) is 19.5 Å². The van der Waals surface area contributed by atoms with E-state index < -0.39 is 6.79 Å². The number of aliphatic hydroxyl groups excluding tert-OH is 1. The van der Waals surface area contributed by atoms with Gasteiger partial charge in [0.2, 0.25) is 5.75 Å². The average molecular weight is 573 g/mol. The normalized spacial score (nSPS) is 11.2. The maximum atomic E-state index is 11.4. The number of aldehydes is 1. The Morgan fingerprint density at radius 2 is 1.27 bits per heavy atom. The number of benzene rings is 1. The van der Waals surface area contributed by atoms with Crippen LogP contribution < -0.4 is 37.4 Å². The molecule has 0 aliphatic heterocycles. The molecule has 0 saturated heterocycles. The molecule has 40 heavy (non-hydrogen) atoms. The molecule has 0 atom stereocenters. The summed E-state index contributed by atoms with van der Waals surface area (Å²) in [5.41, 5.74) is 11.8. The van der Waals surface area contributed by atoms with E-state index in [0.29, 0.717) is 70.3 Å². The van der Waals surface area contributed by atoms with Crippen molar-refractivity contribution in [3.63, 3.8) is 0 Å². The van der Waals surface area contributed by atoms with Crippen LogP contribution in [0, 0.1) is 0 Å². The van der Waals surface area contributed by atoms with Crippen LogP contribution in [-0.2, 0) is 18.9 Å². The summed E-state index contributed by atoms with van der Waals surface area (Å²) >= 11 is 0. The zero-order valence-corrected chi connectivity index (χ0v) is 22.9. The van der Waals surface area contributed by atoms with E-state index in [-0.39, 0.29) is 50.2 Å². The average Bonchev–Trinajstić information content (AvgIpc) is 2.96. The number of nitrogens with two attached hydrogens (primary N) is 4. The van der Waals surface area contributed by atoms with Crippen LogP contribution in [0.3, 0.4) is 0 Å². The van der Waals surface area contributed by atoms with Crippen LogP contribution in [0.5, 0.6) is 17.2 Å². The van der Waals surface area contributed by atoms with E-state index in [1.165, 1.54) is 28.4 Å². The Balaban J connectivity index is 2.38. The summed E-state index contributed by atoms with van der Waals surface area (Å²) in [7, 11) is 0. The molecule has 0 bridgehead atoms. The highest BCUT2D eigenvalue weighted by molar-refractivity contribution is 5.78. The van der Waals surface area contributed by atoms with Crippen molar-refractivity contribution in [1.29, 1.82) is 0 Å². The second kappa shape index (κ2) is 22.6. The first kappa shape index (κ1) is 34.9. The number of aliphatic hydroxyl groups is 1. The molecule has 228 valence electrons. The standard InChI is InChI=1S/C25H44N6O9/c1-2-30(28)3-5-34-7-9-36-11-13-38-23-15-21(19-32)16-24(25(23)40-20-33)39-14-12-37-10-8-35-6-4-31(29)18-22(27)17-26/h2,15-16,18-19,33H,1,3-14,17,20,26-29H2/b22-18-. The van der Waals surface area contributed by atoms with Gasteiger partial charge < -0.3 is 59.7 Å². The van der Waals surface area contributed by atoms with E-state index in [2.05, 4.69) is 6.58 Å². The van der Waals surface area contributed by atoms with Crippen molar-refractivity contribution in [2.75, 3.05) is 92.5 Å². The van der Waals surface area contributed by atoms with Crippen molar-refractivity contribution in [3.05, 3.63) is 42.4 Å². The molecule has 0 fully saturated rings. The van der Waals surface area contributed by atoms with E-state index in [0.717, 1.165) is 0 Å². The molecule has 0 aliphatic rings. The molecule has 9 N–H and O–H groups in total. The van der Waals surface area contributed by atoms with Crippen molar-refractivity contribution in [1.82, 2.24) is 10.0 Å². The summed E-state index contributed by atoms with van der Waals surface area (Å²) in [6.07, 6.45) is 3.71. The predicted molar refractivity (Wildman–Crippen MR) is 147 cm³/mol. The van der Waals surface area contributed by atoms with Gasteiger partial charge in [-0.3, -0.25) is 4.79 Å². The molecule has 1 rings (SSSR count). The van der Waals surface area contributed by atoms with Gasteiger partial charge in [-0.2, -0.15) is 0 Å². The van der Waals surface area contributed by atoms with Crippen molar-refractivity contribution in [2.45, 2.75) is 0 Å². The molecular formula is C25H44N6O9. The first-order valence-corrected chi connectivity index (χ1v) is 12.7. The molecule has 0 heterocycles. The van der Waals surface area contributed by atoms with Crippen LogP contribution in [0.1, 0.15) is 10.4 Å². The number of hydrazine groups is 2. The molecule has 0 saturated carbocycles. The lowest BCUT2D eigenvalue weighted by Gasteiger charge is -2.17. The second-order valence-corrected chi connectivity index (χ2v) is 7.95. The summed E-state index contributed by atoms with van der Waals surface area (Å²) in [5, 5.41) is 12.2. The molecule has 15 nitrogen and oxygen atoms in total. The molecule has 1 aromatic carbocycles. The minimum Gasteiger partial charge on any atom is -0.487 e. The summed E-state index contributed by atoms with van der Waals surface area (Å²) in [6, 6.07) is 2.98. The van der Waals surface area contributed by atoms with E-state index >= 15 is 0 Å². The van der Waals surface area contributed by atoms with Gasteiger partial charge in [0.25, 0.3) is 0 Å². The van der Waals surface area contributed by atoms with E-state index in [4.69, 9.17) is 56.3 Å². The predicted octanol–water partition coefficient (Wildman–Crippen LogP) is -1.09. The Kier molecular flexibility index (Phi) is 19.7. The molecule has 0 spiro atoms. The monoisotopic (exact) mass is 572 g/mol. The van der Waals surface area contributed by atoms with E-state index in [1.54, 1.807) is 6.20 Å². The van der Waals surface area contributed by atoms with Crippen molar-refractivity contribution < 1.29 is 43.1 Å². The molecule has 0 unspecified atom stereocenters. The van der Waals surface area contributed by atoms with Crippen molar-refractivity contribution >= 4 is 6.29 Å². The third-order valence-electron chi connectivity index (χ3n) is 4.89. The first-order valence-electron chi connectivity index (χ1n) is 12.7. The van der Waals surface area contributed by atoms with Gasteiger partial charge in [-0.05, 0) is 12.1 Å². The van der Waals surface area contributed by atoms with Gasteiger partial charge in [-0.1, -0.05) is 6.58 Å². The number of rotatable bonds is 26. The lowest BCUT2D eigenvalue weighted by atomic mass is 10.2. The Morgan fingerprint density at radius 3 is 1.73 bits per heavy atom. The van der Waals surface area contributed by atoms with Gasteiger partial charge in [0.05, 0.1) is 65.9 Å². The molecule has 1 aromatic rings. The van der Waals surface area contributed by atoms with Gasteiger partial charge in [-0.15, -0.1) is 0 Å². The Labute approximate surface area is 235 Å². The lowest BCUT2D eigenvalue weighted by Crippen LogP contribution is -2.31. The number of carbonyl (C=O) groups excluding carboxylic acids is 1. The minimum absolute atomic E-state index is 0.154. The van der Waals surface area contributed by atoms with Crippen molar-refractivity contribution in [3.8, 4) is 17.2 Å². The highest BCUT2D eigenvalue weighted by atomic mass is 16.6. The van der Waals surface area contributed by atoms with Gasteiger partial charge in [-0.25, -0.2) is 11.7 Å². The van der Waals surface area contributed by atoms with Gasteiger partial charge in [0.15, 0.2) is 18.3 Å². The zero-order chi connectivity index (χ0) is 29.4. The minimum atomic E-state index is -0.615. The number of hydrogen-bond acceptors (Lipinski definition) is 15. The molecule has 0 radical (unpaired) electrons. The summed E-state index contributed by atoms with van der Waals surface area (Å²) in [5.74, 6) is 11.9. The fourth-order valence-corrected chi connectivity index (χ4v) is 2.91. The van der Waals surface area contributed by atoms with E-state index in [9.17, 15) is 9.90 Å². The van der Waals surface area contributed by atoms with Gasteiger partial charge >= 0.3 is 0 Å². The Bertz CT molecular complexity index is 862. The number of nitrogens with zero attached hydrogens (tertiary/aromatic N) is 2.